The molecule has 0 aromatic heterocycles. The molecule has 0 bridgehead atoms. The monoisotopic (exact) mass is 58.0 g/mol. The molecule has 1 N–H and O–H groups in total. The van der Waals surface area contributed by atoms with Gasteiger partial charge in [0.05, 0.1) is 4.95 Å². The first-order valence-corrected chi connectivity index (χ1v) is 0.686. The summed E-state index contributed by atoms with van der Waals surface area (Å²) in [4.78, 5) is 2.43. The van der Waals surface area contributed by atoms with Crippen molar-refractivity contribution in [2.45, 2.75) is 0 Å². The second-order valence-electron chi connectivity index (χ2n) is 0.220. The van der Waals surface area contributed by atoms with Crippen LogP contribution in [0.3, 0.4) is 0 Å². The maximum atomic E-state index is 8.76. The summed E-state index contributed by atoms with van der Waals surface area (Å²) in [5.41, 5.74) is 1.08. The lowest BCUT2D eigenvalue weighted by atomic mass is 11.8. The van der Waals surface area contributed by atoms with Gasteiger partial charge in [-0.1, -0.05) is 0 Å². The third-order valence-electron chi connectivity index (χ3n) is 0.0527. The molecule has 0 saturated heterocycles. The van der Waals surface area contributed by atoms with Crippen molar-refractivity contribution >= 4 is 0 Å². The first kappa shape index (κ1) is 3.25. The maximum Gasteiger partial charge on any atom is 0.303 e. The number of nitrogens with zero attached hydrogens (tertiary/aromatic N) is 1. The van der Waals surface area contributed by atoms with Crippen LogP contribution in [0.25, 0.3) is 4.95 Å². The van der Waals surface area contributed by atoms with Crippen LogP contribution in [0.4, 0.5) is 0 Å². The summed E-state index contributed by atoms with van der Waals surface area (Å²) in [5, 5.41) is 8.76. The highest BCUT2D eigenvalue weighted by atomic mass is 16.5. The topological polar surface area (TPSA) is 39.5 Å². The van der Waals surface area contributed by atoms with Crippen molar-refractivity contribution in [2.24, 2.45) is 0 Å². The molecule has 0 atom stereocenters. The Kier molecular flexibility index (Phi) is 1.83. The zero-order valence-corrected chi connectivity index (χ0v) is 1.93. The molecule has 0 rings (SSSR count). The first-order chi connectivity index (χ1) is 1.91. The highest BCUT2D eigenvalue weighted by Crippen LogP contribution is 1.33. The lowest BCUT2D eigenvalue weighted by Gasteiger charge is -1.72. The van der Waals surface area contributed by atoms with Gasteiger partial charge in [0.15, 0.2) is 0 Å². The molecule has 22 valence electrons. The van der Waals surface area contributed by atoms with E-state index in [0.717, 1.165) is 5.59 Å². The minimum absolute atomic E-state index is 1.08. The fourth-order valence-corrected chi connectivity index (χ4v) is 0. The average molecular weight is 58.0 g/mol. The molecule has 0 radical (unpaired) electrons. The molecule has 3 nitrogen and oxygen atoms in total. The summed E-state index contributed by atoms with van der Waals surface area (Å²) < 4.78 is 0. The van der Waals surface area contributed by atoms with Gasteiger partial charge in [0.2, 0.25) is 0 Å². The van der Waals surface area contributed by atoms with E-state index in [1.165, 1.54) is 0 Å². The molecule has 0 aliphatic carbocycles. The van der Waals surface area contributed by atoms with Gasteiger partial charge in [-0.15, -0.1) is 5.59 Å². The second kappa shape index (κ2) is 2.25. The van der Waals surface area contributed by atoms with Gasteiger partial charge in [0.1, 0.15) is 0 Å². The molecular formula is CH2N2O. The van der Waals surface area contributed by atoms with Gasteiger partial charge >= 0.3 is 6.57 Å². The Labute approximate surface area is 23.6 Å². The molecule has 3 heteroatoms. The van der Waals surface area contributed by atoms with Crippen LogP contribution < -0.4 is 5.59 Å². The molecule has 0 heterocycles. The summed E-state index contributed by atoms with van der Waals surface area (Å²) in [6.07, 6.45) is 0. The molecule has 0 aromatic carbocycles. The Hall–Kier alpha value is -0.750. The van der Waals surface area contributed by atoms with E-state index >= 15 is 0 Å². The predicted octanol–water partition coefficient (Wildman–Crippen LogP) is -0.0485. The van der Waals surface area contributed by atoms with Crippen molar-refractivity contribution in [3.8, 4) is 6.57 Å². The van der Waals surface area contributed by atoms with Crippen LogP contribution in [0.2, 0.25) is 0 Å². The number of hydrogen-bond donors (Lipinski definition) is 1. The molecule has 0 unspecified atom stereocenters. The van der Waals surface area contributed by atoms with Crippen molar-refractivity contribution in [3.63, 3.8) is 0 Å². The Morgan fingerprint density at radius 3 is 2.25 bits per heavy atom. The second-order valence-corrected chi connectivity index (χ2v) is 0.220. The predicted molar refractivity (Wildman–Crippen MR) is 14.8 cm³/mol. The molecule has 0 aromatic rings. The normalized spacial score (nSPS) is 4.00. The smallest absolute Gasteiger partial charge is 0.303 e. The zero-order chi connectivity index (χ0) is 3.41. The van der Waals surface area contributed by atoms with Crippen LogP contribution in [-0.4, -0.2) is 0 Å². The van der Waals surface area contributed by atoms with E-state index in [-0.39, 0.29) is 0 Å². The van der Waals surface area contributed by atoms with Gasteiger partial charge < -0.3 is 5.21 Å². The van der Waals surface area contributed by atoms with E-state index in [9.17, 15) is 0 Å². The number of rotatable bonds is 0. The average Bonchev–Trinajstić information content (AvgIpc) is 1.37. The molecule has 0 aliphatic heterocycles. The molecule has 4 heavy (non-hydrogen) atoms. The van der Waals surface area contributed by atoms with Crippen molar-refractivity contribution in [1.29, 1.82) is 0 Å². The van der Waals surface area contributed by atoms with Gasteiger partial charge in [0.25, 0.3) is 0 Å². The van der Waals surface area contributed by atoms with Gasteiger partial charge in [-0.2, -0.15) is 0 Å². The summed E-state index contributed by atoms with van der Waals surface area (Å²) >= 11 is 0. The molecular weight excluding hydrogens is 56.0 g/mol. The van der Waals surface area contributed by atoms with Gasteiger partial charge in [-0.3, -0.25) is 0 Å². The molecule has 0 fully saturated rings. The third-order valence-corrected chi connectivity index (χ3v) is 0.0527. The Balaban J connectivity index is 2.43. The number of hydrogen-bond acceptors (Lipinski definition) is 2. The van der Waals surface area contributed by atoms with Crippen LogP contribution in [0.5, 0.6) is 0 Å². The van der Waals surface area contributed by atoms with Gasteiger partial charge in [-0.25, -0.2) is 0 Å². The SMILES string of the molecule is C#[N+]N[O-]. The zero-order valence-electron chi connectivity index (χ0n) is 1.93. The van der Waals surface area contributed by atoms with Crippen LogP contribution in [0, 0.1) is 11.8 Å². The molecule has 0 aliphatic rings. The molecule has 0 spiro atoms. The summed E-state index contributed by atoms with van der Waals surface area (Å²) in [5.74, 6) is 0. The summed E-state index contributed by atoms with van der Waals surface area (Å²) in [6.45, 7) is 4.23. The highest BCUT2D eigenvalue weighted by Gasteiger charge is 1.37. The lowest BCUT2D eigenvalue weighted by molar-refractivity contribution is 1.21. The van der Waals surface area contributed by atoms with Crippen LogP contribution in [-0.2, 0) is 0 Å². The van der Waals surface area contributed by atoms with Crippen LogP contribution in [0.1, 0.15) is 0 Å². The fourth-order valence-electron chi connectivity index (χ4n) is 0. The van der Waals surface area contributed by atoms with E-state index in [2.05, 4.69) is 11.5 Å². The van der Waals surface area contributed by atoms with Crippen LogP contribution >= 0.6 is 0 Å². The fraction of sp³-hybridized carbons (Fsp3) is 0. The van der Waals surface area contributed by atoms with E-state index in [0.29, 0.717) is 0 Å². The Morgan fingerprint density at radius 1 is 2.00 bits per heavy atom. The van der Waals surface area contributed by atoms with Gasteiger partial charge in [-0.05, 0) is 0 Å². The van der Waals surface area contributed by atoms with Crippen molar-refractivity contribution in [2.75, 3.05) is 0 Å². The van der Waals surface area contributed by atoms with Crippen molar-refractivity contribution in [1.82, 2.24) is 5.59 Å². The largest absolute Gasteiger partial charge is 0.696 e. The maximum absolute atomic E-state index is 8.76. The van der Waals surface area contributed by atoms with E-state index in [1.807, 2.05) is 0 Å². The Bertz CT molecular complexity index is 35.8. The summed E-state index contributed by atoms with van der Waals surface area (Å²) in [7, 11) is 0. The third kappa shape index (κ3) is 1.25. The van der Waals surface area contributed by atoms with Crippen LogP contribution in [0.15, 0.2) is 0 Å². The van der Waals surface area contributed by atoms with E-state index < -0.39 is 0 Å². The minimum Gasteiger partial charge on any atom is -0.696 e. The molecule has 0 amide bonds. The summed E-state index contributed by atoms with van der Waals surface area (Å²) in [6, 6.07) is 0. The lowest BCUT2D eigenvalue weighted by Crippen LogP contribution is -1.79. The van der Waals surface area contributed by atoms with Crippen molar-refractivity contribution in [3.05, 3.63) is 10.2 Å². The minimum atomic E-state index is 1.08. The molecule has 0 saturated carbocycles. The standard InChI is InChI=1S/CH2N2O/c1-2-3-4/h1,3H. The first-order valence-electron chi connectivity index (χ1n) is 0.686. The van der Waals surface area contributed by atoms with E-state index in [4.69, 9.17) is 5.21 Å². The van der Waals surface area contributed by atoms with Crippen molar-refractivity contribution < 1.29 is 0 Å². The number of nitrogens with one attached hydrogen (secondary N) is 1. The Morgan fingerprint density at radius 2 is 2.25 bits per heavy atom. The van der Waals surface area contributed by atoms with Gasteiger partial charge in [0, 0.05) is 0 Å². The van der Waals surface area contributed by atoms with E-state index in [1.54, 1.807) is 0 Å². The quantitative estimate of drug-likeness (QED) is 0.397. The highest BCUT2D eigenvalue weighted by molar-refractivity contribution is 4.54.